The molecule has 1 unspecified atom stereocenters. The Kier molecular flexibility index (Phi) is 8.64. The fourth-order valence-electron chi connectivity index (χ4n) is 3.77. The summed E-state index contributed by atoms with van der Waals surface area (Å²) in [5.74, 6) is -0.219. The number of aliphatic hydroxyl groups excluding tert-OH is 1. The molecule has 1 aromatic rings. The summed E-state index contributed by atoms with van der Waals surface area (Å²) < 4.78 is 1.48. The molecule has 1 heterocycles. The summed E-state index contributed by atoms with van der Waals surface area (Å²) in [5.41, 5.74) is 0.127. The predicted molar refractivity (Wildman–Crippen MR) is 103 cm³/mol. The number of aromatic amines is 1. The van der Waals surface area contributed by atoms with Crippen LogP contribution in [-0.4, -0.2) is 36.9 Å². The van der Waals surface area contributed by atoms with Gasteiger partial charge in [0.15, 0.2) is 0 Å². The van der Waals surface area contributed by atoms with Gasteiger partial charge in [0.1, 0.15) is 0 Å². The van der Waals surface area contributed by atoms with Crippen molar-refractivity contribution in [3.63, 3.8) is 0 Å². The number of aliphatic carboxylic acids is 1. The molecule has 0 bridgehead atoms. The zero-order valence-electron chi connectivity index (χ0n) is 15.9. The van der Waals surface area contributed by atoms with Gasteiger partial charge in [0.2, 0.25) is 5.88 Å². The van der Waals surface area contributed by atoms with Gasteiger partial charge < -0.3 is 15.3 Å². The minimum absolute atomic E-state index is 0.128. The van der Waals surface area contributed by atoms with E-state index in [9.17, 15) is 19.8 Å². The quantitative estimate of drug-likeness (QED) is 0.329. The second-order valence-corrected chi connectivity index (χ2v) is 7.51. The summed E-state index contributed by atoms with van der Waals surface area (Å²) >= 11 is 0. The van der Waals surface area contributed by atoms with Crippen LogP contribution in [0.4, 0.5) is 0 Å². The molecular formula is C20H32N2O5. The summed E-state index contributed by atoms with van der Waals surface area (Å²) in [5, 5.41) is 28.8. The first-order chi connectivity index (χ1) is 13.0. The Hall–Kier alpha value is -2.02. The maximum Gasteiger partial charge on any atom is 0.328 e. The molecule has 0 radical (unpaired) electrons. The lowest BCUT2D eigenvalue weighted by molar-refractivity contribution is -0.137. The van der Waals surface area contributed by atoms with Crippen LogP contribution in [0.1, 0.15) is 69.9 Å². The Balaban J connectivity index is 1.80. The number of H-pyrrole nitrogens is 1. The number of carboxylic acid groups (broad SMARTS) is 1. The first-order valence-electron chi connectivity index (χ1n) is 10.0. The van der Waals surface area contributed by atoms with Crippen molar-refractivity contribution in [2.75, 3.05) is 0 Å². The van der Waals surface area contributed by atoms with E-state index in [0.717, 1.165) is 18.8 Å². The van der Waals surface area contributed by atoms with Gasteiger partial charge in [0, 0.05) is 19.4 Å². The molecular weight excluding hydrogens is 348 g/mol. The fourth-order valence-corrected chi connectivity index (χ4v) is 3.77. The van der Waals surface area contributed by atoms with Gasteiger partial charge in [-0.2, -0.15) is 0 Å². The highest BCUT2D eigenvalue weighted by atomic mass is 16.4. The standard InChI is InChI=1S/C20H32N2O5/c23-16(12-11-15-7-5-6-8-15)13-14-22-17(19(26)21-20(22)27)9-3-1-2-4-10-18(24)25/h1,3,15-16,23,26H,2,4-14H2,(H,21,27)(H,24,25). The lowest BCUT2D eigenvalue weighted by Gasteiger charge is -2.14. The van der Waals surface area contributed by atoms with E-state index in [2.05, 4.69) is 4.98 Å². The average Bonchev–Trinajstić information content (AvgIpc) is 3.22. The number of imidazole rings is 1. The molecule has 0 spiro atoms. The molecule has 0 aromatic carbocycles. The van der Waals surface area contributed by atoms with E-state index in [4.69, 9.17) is 5.11 Å². The molecule has 152 valence electrons. The molecule has 1 atom stereocenters. The monoisotopic (exact) mass is 380 g/mol. The van der Waals surface area contributed by atoms with Crippen LogP contribution in [0.2, 0.25) is 0 Å². The fraction of sp³-hybridized carbons (Fsp3) is 0.700. The van der Waals surface area contributed by atoms with Crippen LogP contribution in [-0.2, 0) is 17.8 Å². The number of unbranched alkanes of at least 4 members (excludes halogenated alkanes) is 1. The van der Waals surface area contributed by atoms with E-state index in [1.165, 1.54) is 30.3 Å². The van der Waals surface area contributed by atoms with Crippen molar-refractivity contribution in [2.45, 2.75) is 83.3 Å². The smallest absolute Gasteiger partial charge is 0.328 e. The molecule has 1 saturated carbocycles. The SMILES string of the molecule is O=C(O)CCCC=CCc1c(O)[nH]c(=O)n1CCC(O)CCC1CCCC1. The largest absolute Gasteiger partial charge is 0.493 e. The van der Waals surface area contributed by atoms with E-state index in [1.54, 1.807) is 0 Å². The molecule has 27 heavy (non-hydrogen) atoms. The predicted octanol–water partition coefficient (Wildman–Crippen LogP) is 2.96. The average molecular weight is 380 g/mol. The summed E-state index contributed by atoms with van der Waals surface area (Å²) in [6.45, 7) is 0.365. The third kappa shape index (κ3) is 7.25. The molecule has 0 amide bonds. The number of allylic oxidation sites excluding steroid dienone is 2. The Labute approximate surface area is 159 Å². The van der Waals surface area contributed by atoms with Gasteiger partial charge in [-0.25, -0.2) is 4.79 Å². The van der Waals surface area contributed by atoms with Gasteiger partial charge in [-0.3, -0.25) is 14.3 Å². The molecule has 7 heteroatoms. The third-order valence-corrected chi connectivity index (χ3v) is 5.38. The maximum absolute atomic E-state index is 12.0. The van der Waals surface area contributed by atoms with E-state index < -0.39 is 12.1 Å². The van der Waals surface area contributed by atoms with Gasteiger partial charge >= 0.3 is 11.7 Å². The van der Waals surface area contributed by atoms with Crippen molar-refractivity contribution >= 4 is 5.97 Å². The van der Waals surface area contributed by atoms with Crippen molar-refractivity contribution in [3.8, 4) is 5.88 Å². The Morgan fingerprint density at radius 3 is 2.70 bits per heavy atom. The number of rotatable bonds is 12. The summed E-state index contributed by atoms with van der Waals surface area (Å²) in [6, 6.07) is 0. The number of hydrogen-bond acceptors (Lipinski definition) is 4. The van der Waals surface area contributed by atoms with Crippen LogP contribution in [0.5, 0.6) is 5.88 Å². The zero-order chi connectivity index (χ0) is 19.6. The molecule has 1 aliphatic rings. The lowest BCUT2D eigenvalue weighted by Crippen LogP contribution is -2.22. The number of aliphatic hydroxyl groups is 1. The lowest BCUT2D eigenvalue weighted by atomic mass is 9.98. The molecule has 7 nitrogen and oxygen atoms in total. The van der Waals surface area contributed by atoms with Crippen LogP contribution < -0.4 is 5.69 Å². The van der Waals surface area contributed by atoms with Crippen LogP contribution >= 0.6 is 0 Å². The van der Waals surface area contributed by atoms with Crippen LogP contribution in [0.15, 0.2) is 16.9 Å². The Morgan fingerprint density at radius 1 is 1.26 bits per heavy atom. The zero-order valence-corrected chi connectivity index (χ0v) is 15.9. The van der Waals surface area contributed by atoms with E-state index in [-0.39, 0.29) is 18.0 Å². The molecule has 1 aliphatic carbocycles. The van der Waals surface area contributed by atoms with E-state index in [0.29, 0.717) is 37.9 Å². The highest BCUT2D eigenvalue weighted by molar-refractivity contribution is 5.66. The number of hydrogen-bond donors (Lipinski definition) is 4. The van der Waals surface area contributed by atoms with Crippen molar-refractivity contribution < 1.29 is 20.1 Å². The molecule has 4 N–H and O–H groups in total. The summed E-state index contributed by atoms with van der Waals surface area (Å²) in [7, 11) is 0. The second kappa shape index (κ2) is 11.0. The first kappa shape index (κ1) is 21.3. The molecule has 0 aliphatic heterocycles. The first-order valence-corrected chi connectivity index (χ1v) is 10.0. The molecule has 2 rings (SSSR count). The number of nitrogens with one attached hydrogen (secondary N) is 1. The van der Waals surface area contributed by atoms with Crippen molar-refractivity contribution in [3.05, 3.63) is 28.3 Å². The number of aromatic hydroxyl groups is 1. The maximum atomic E-state index is 12.0. The van der Waals surface area contributed by atoms with E-state index in [1.807, 2.05) is 12.2 Å². The second-order valence-electron chi connectivity index (χ2n) is 7.51. The van der Waals surface area contributed by atoms with Crippen molar-refractivity contribution in [2.24, 2.45) is 5.92 Å². The van der Waals surface area contributed by atoms with Crippen LogP contribution in [0.25, 0.3) is 0 Å². The van der Waals surface area contributed by atoms with Gasteiger partial charge in [-0.15, -0.1) is 0 Å². The van der Waals surface area contributed by atoms with Gasteiger partial charge in [0.25, 0.3) is 0 Å². The Morgan fingerprint density at radius 2 is 2.00 bits per heavy atom. The highest BCUT2D eigenvalue weighted by Gasteiger charge is 2.17. The minimum Gasteiger partial charge on any atom is -0.493 e. The highest BCUT2D eigenvalue weighted by Crippen LogP contribution is 2.29. The normalized spacial score (nSPS) is 16.3. The topological polar surface area (TPSA) is 116 Å². The number of carboxylic acids is 1. The summed E-state index contributed by atoms with van der Waals surface area (Å²) in [6.07, 6.45) is 12.4. The van der Waals surface area contributed by atoms with Gasteiger partial charge in [-0.05, 0) is 38.0 Å². The summed E-state index contributed by atoms with van der Waals surface area (Å²) in [4.78, 5) is 24.9. The Bertz CT molecular complexity index is 670. The van der Waals surface area contributed by atoms with Gasteiger partial charge in [0.05, 0.1) is 11.8 Å². The molecule has 1 fully saturated rings. The van der Waals surface area contributed by atoms with Crippen molar-refractivity contribution in [1.29, 1.82) is 0 Å². The van der Waals surface area contributed by atoms with Crippen LogP contribution in [0.3, 0.4) is 0 Å². The molecule has 0 saturated heterocycles. The van der Waals surface area contributed by atoms with E-state index >= 15 is 0 Å². The number of nitrogens with zero attached hydrogens (tertiary/aromatic N) is 1. The number of carbonyl (C=O) groups is 1. The number of aromatic nitrogens is 2. The third-order valence-electron chi connectivity index (χ3n) is 5.38. The minimum atomic E-state index is -0.813. The van der Waals surface area contributed by atoms with Gasteiger partial charge in [-0.1, -0.05) is 37.8 Å². The van der Waals surface area contributed by atoms with Crippen LogP contribution in [0, 0.1) is 5.92 Å². The van der Waals surface area contributed by atoms with Crippen molar-refractivity contribution in [1.82, 2.24) is 9.55 Å². The molecule has 1 aromatic heterocycles.